The van der Waals surface area contributed by atoms with Crippen molar-refractivity contribution in [3.05, 3.63) is 0 Å². The van der Waals surface area contributed by atoms with Crippen LogP contribution in [0.15, 0.2) is 0 Å². The van der Waals surface area contributed by atoms with Crippen LogP contribution in [0.2, 0.25) is 0 Å². The molecule has 0 amide bonds. The van der Waals surface area contributed by atoms with Gasteiger partial charge in [-0.15, -0.1) is 0 Å². The molecule has 1 aliphatic heterocycles. The summed E-state index contributed by atoms with van der Waals surface area (Å²) in [6, 6.07) is 2.91. The lowest BCUT2D eigenvalue weighted by atomic mass is 9.87. The lowest BCUT2D eigenvalue weighted by molar-refractivity contribution is 0.300. The van der Waals surface area contributed by atoms with Crippen LogP contribution in [0.25, 0.3) is 0 Å². The van der Waals surface area contributed by atoms with E-state index in [4.69, 9.17) is 5.26 Å². The van der Waals surface area contributed by atoms with E-state index < -0.39 is 0 Å². The summed E-state index contributed by atoms with van der Waals surface area (Å²) in [7, 11) is 0. The predicted octanol–water partition coefficient (Wildman–Crippen LogP) is 2.66. The molecule has 1 atom stereocenters. The summed E-state index contributed by atoms with van der Waals surface area (Å²) in [6.45, 7) is 9.42. The van der Waals surface area contributed by atoms with Gasteiger partial charge >= 0.3 is 0 Å². The smallest absolute Gasteiger partial charge is 0.0697 e. The molecule has 15 heavy (non-hydrogen) atoms. The van der Waals surface area contributed by atoms with Gasteiger partial charge in [-0.1, -0.05) is 13.8 Å². The molecule has 0 aliphatic carbocycles. The number of nitriles is 1. The summed E-state index contributed by atoms with van der Waals surface area (Å²) in [6.07, 6.45) is 1.22. The average Bonchev–Trinajstić information content (AvgIpc) is 2.14. The second kappa shape index (κ2) is 4.76. The molecule has 2 nitrogen and oxygen atoms in total. The molecule has 1 fully saturated rings. The van der Waals surface area contributed by atoms with Crippen molar-refractivity contribution in [2.24, 2.45) is 10.8 Å². The molecule has 1 saturated heterocycles. The standard InChI is InChI=1S/C12H22N2S/c1-11(2)5-10(6-15-9-11)14-8-12(3,4)7-13/h10,14H,5-6,8-9H2,1-4H3. The van der Waals surface area contributed by atoms with Gasteiger partial charge in [0.05, 0.1) is 11.5 Å². The van der Waals surface area contributed by atoms with E-state index in [9.17, 15) is 0 Å². The van der Waals surface area contributed by atoms with Crippen molar-refractivity contribution < 1.29 is 0 Å². The van der Waals surface area contributed by atoms with Crippen LogP contribution in [0.3, 0.4) is 0 Å². The molecule has 1 unspecified atom stereocenters. The van der Waals surface area contributed by atoms with Crippen molar-refractivity contribution in [2.75, 3.05) is 18.1 Å². The lowest BCUT2D eigenvalue weighted by Gasteiger charge is -2.36. The van der Waals surface area contributed by atoms with Crippen LogP contribution < -0.4 is 5.32 Å². The molecule has 1 heterocycles. The first kappa shape index (κ1) is 12.9. The SMILES string of the molecule is CC(C)(C#N)CNC1CSCC(C)(C)C1. The molecule has 0 saturated carbocycles. The molecule has 1 N–H and O–H groups in total. The molecular weight excluding hydrogens is 204 g/mol. The Kier molecular flexibility index (Phi) is 4.08. The van der Waals surface area contributed by atoms with E-state index in [0.29, 0.717) is 11.5 Å². The minimum absolute atomic E-state index is 0.244. The Hall–Kier alpha value is -0.200. The zero-order valence-electron chi connectivity index (χ0n) is 10.3. The van der Waals surface area contributed by atoms with E-state index in [0.717, 1.165) is 6.54 Å². The van der Waals surface area contributed by atoms with E-state index >= 15 is 0 Å². The second-order valence-electron chi connectivity index (χ2n) is 5.96. The van der Waals surface area contributed by atoms with Gasteiger partial charge in [0.15, 0.2) is 0 Å². The Morgan fingerprint density at radius 1 is 1.53 bits per heavy atom. The van der Waals surface area contributed by atoms with Crippen molar-refractivity contribution in [3.63, 3.8) is 0 Å². The predicted molar refractivity (Wildman–Crippen MR) is 66.9 cm³/mol. The van der Waals surface area contributed by atoms with Crippen LogP contribution >= 0.6 is 11.8 Å². The Labute approximate surface area is 97.8 Å². The first-order chi connectivity index (χ1) is 6.85. The molecule has 0 aromatic heterocycles. The van der Waals surface area contributed by atoms with Gasteiger partial charge in [-0.25, -0.2) is 0 Å². The maximum absolute atomic E-state index is 8.93. The summed E-state index contributed by atoms with van der Waals surface area (Å²) in [4.78, 5) is 0. The van der Waals surface area contributed by atoms with Crippen molar-refractivity contribution in [3.8, 4) is 6.07 Å². The fraction of sp³-hybridized carbons (Fsp3) is 0.917. The van der Waals surface area contributed by atoms with Crippen LogP contribution in [0.5, 0.6) is 0 Å². The van der Waals surface area contributed by atoms with Gasteiger partial charge in [-0.05, 0) is 31.4 Å². The van der Waals surface area contributed by atoms with Crippen LogP contribution in [-0.2, 0) is 0 Å². The third kappa shape index (κ3) is 4.44. The van der Waals surface area contributed by atoms with Gasteiger partial charge in [0.1, 0.15) is 0 Å². The summed E-state index contributed by atoms with van der Waals surface area (Å²) in [5.74, 6) is 2.44. The number of thioether (sulfide) groups is 1. The van der Waals surface area contributed by atoms with Gasteiger partial charge in [0.2, 0.25) is 0 Å². The first-order valence-corrected chi connectivity index (χ1v) is 6.73. The topological polar surface area (TPSA) is 35.8 Å². The largest absolute Gasteiger partial charge is 0.312 e. The minimum atomic E-state index is -0.244. The second-order valence-corrected chi connectivity index (χ2v) is 6.99. The number of rotatable bonds is 3. The Morgan fingerprint density at radius 3 is 2.73 bits per heavy atom. The Balaban J connectivity index is 2.37. The molecule has 1 rings (SSSR count). The highest BCUT2D eigenvalue weighted by Gasteiger charge is 2.29. The van der Waals surface area contributed by atoms with Crippen LogP contribution in [0.4, 0.5) is 0 Å². The fourth-order valence-electron chi connectivity index (χ4n) is 1.83. The van der Waals surface area contributed by atoms with Crippen LogP contribution in [-0.4, -0.2) is 24.1 Å². The van der Waals surface area contributed by atoms with E-state index in [-0.39, 0.29) is 5.41 Å². The van der Waals surface area contributed by atoms with E-state index in [1.54, 1.807) is 0 Å². The molecule has 0 bridgehead atoms. The third-order valence-electron chi connectivity index (χ3n) is 2.75. The van der Waals surface area contributed by atoms with Gasteiger partial charge < -0.3 is 5.32 Å². The lowest BCUT2D eigenvalue weighted by Crippen LogP contribution is -2.43. The maximum Gasteiger partial charge on any atom is 0.0697 e. The summed E-state index contributed by atoms with van der Waals surface area (Å²) in [5.41, 5.74) is 0.198. The average molecular weight is 226 g/mol. The van der Waals surface area contributed by atoms with Gasteiger partial charge in [0.25, 0.3) is 0 Å². The Morgan fingerprint density at radius 2 is 2.20 bits per heavy atom. The summed E-state index contributed by atoms with van der Waals surface area (Å²) < 4.78 is 0. The third-order valence-corrected chi connectivity index (χ3v) is 4.37. The number of hydrogen-bond donors (Lipinski definition) is 1. The van der Waals surface area contributed by atoms with E-state index in [2.05, 4.69) is 25.2 Å². The summed E-state index contributed by atoms with van der Waals surface area (Å²) in [5, 5.41) is 12.5. The van der Waals surface area contributed by atoms with Gasteiger partial charge in [0, 0.05) is 18.3 Å². The molecular formula is C12H22N2S. The number of nitrogens with one attached hydrogen (secondary N) is 1. The first-order valence-electron chi connectivity index (χ1n) is 5.57. The molecule has 0 aromatic carbocycles. The quantitative estimate of drug-likeness (QED) is 0.803. The fourth-order valence-corrected chi connectivity index (χ4v) is 3.14. The molecule has 0 aromatic rings. The zero-order chi connectivity index (χ0) is 11.5. The van der Waals surface area contributed by atoms with Gasteiger partial charge in [-0.2, -0.15) is 17.0 Å². The minimum Gasteiger partial charge on any atom is -0.312 e. The Bertz CT molecular complexity index is 253. The van der Waals surface area contributed by atoms with Crippen molar-refractivity contribution in [2.45, 2.75) is 40.2 Å². The molecule has 0 radical (unpaired) electrons. The van der Waals surface area contributed by atoms with Crippen LogP contribution in [0, 0.1) is 22.2 Å². The molecule has 0 spiro atoms. The molecule has 3 heteroatoms. The molecule has 86 valence electrons. The van der Waals surface area contributed by atoms with Crippen molar-refractivity contribution >= 4 is 11.8 Å². The van der Waals surface area contributed by atoms with Crippen molar-refractivity contribution in [1.29, 1.82) is 5.26 Å². The highest BCUT2D eigenvalue weighted by Crippen LogP contribution is 2.33. The van der Waals surface area contributed by atoms with Gasteiger partial charge in [-0.3, -0.25) is 0 Å². The normalized spacial score (nSPS) is 25.9. The van der Waals surface area contributed by atoms with Crippen molar-refractivity contribution in [1.82, 2.24) is 5.32 Å². The highest BCUT2D eigenvalue weighted by atomic mass is 32.2. The van der Waals surface area contributed by atoms with Crippen LogP contribution in [0.1, 0.15) is 34.1 Å². The monoisotopic (exact) mass is 226 g/mol. The van der Waals surface area contributed by atoms with E-state index in [1.165, 1.54) is 17.9 Å². The number of nitrogens with zero attached hydrogens (tertiary/aromatic N) is 1. The van der Waals surface area contributed by atoms with E-state index in [1.807, 2.05) is 25.6 Å². The maximum atomic E-state index is 8.93. The summed E-state index contributed by atoms with van der Waals surface area (Å²) >= 11 is 2.02. The number of hydrogen-bond acceptors (Lipinski definition) is 3. The zero-order valence-corrected chi connectivity index (χ0v) is 11.1. The molecule has 1 aliphatic rings. The highest BCUT2D eigenvalue weighted by molar-refractivity contribution is 7.99.